The van der Waals surface area contributed by atoms with E-state index in [9.17, 15) is 9.59 Å². The summed E-state index contributed by atoms with van der Waals surface area (Å²) in [5, 5.41) is 15.9. The van der Waals surface area contributed by atoms with Crippen LogP contribution in [0.4, 0.5) is 5.82 Å². The third-order valence-electron chi connectivity index (χ3n) is 3.35. The summed E-state index contributed by atoms with van der Waals surface area (Å²) in [4.78, 5) is 22.7. The van der Waals surface area contributed by atoms with Gasteiger partial charge in [-0.3, -0.25) is 9.48 Å². The van der Waals surface area contributed by atoms with Crippen LogP contribution in [0.15, 0.2) is 30.5 Å². The van der Waals surface area contributed by atoms with E-state index in [-0.39, 0.29) is 16.7 Å². The van der Waals surface area contributed by atoms with Gasteiger partial charge in [-0.15, -0.1) is 11.8 Å². The highest BCUT2D eigenvalue weighted by Gasteiger charge is 2.26. The van der Waals surface area contributed by atoms with E-state index < -0.39 is 5.97 Å². The number of aryl methyl sites for hydroxylation is 1. The molecule has 0 radical (unpaired) electrons. The van der Waals surface area contributed by atoms with Crippen molar-refractivity contribution in [2.75, 3.05) is 11.1 Å². The van der Waals surface area contributed by atoms with Gasteiger partial charge in [0.15, 0.2) is 0 Å². The molecule has 3 rings (SSSR count). The number of aromatic nitrogens is 2. The minimum atomic E-state index is -0.950. The first kappa shape index (κ1) is 13.7. The maximum Gasteiger partial charge on any atom is 0.335 e. The number of nitrogens with one attached hydrogen (secondary N) is 1. The summed E-state index contributed by atoms with van der Waals surface area (Å²) in [6.45, 7) is 0. The van der Waals surface area contributed by atoms with Crippen LogP contribution in [0.5, 0.6) is 0 Å². The van der Waals surface area contributed by atoms with E-state index in [4.69, 9.17) is 5.11 Å². The number of hydrogen-bond acceptors (Lipinski definition) is 4. The Labute approximate surface area is 125 Å². The predicted octanol–water partition coefficient (Wildman–Crippen LogP) is 1.89. The van der Waals surface area contributed by atoms with E-state index in [1.54, 1.807) is 42.2 Å². The fraction of sp³-hybridized carbons (Fsp3) is 0.214. The van der Waals surface area contributed by atoms with Crippen LogP contribution in [0.2, 0.25) is 0 Å². The standard InChI is InChI=1S/C14H13N3O3S/c1-17-13-10(6-15-17)12(21-7-11(18)16-13)8-2-4-9(5-3-8)14(19)20/h2-6,12H,7H2,1H3,(H,16,18)(H,19,20). The summed E-state index contributed by atoms with van der Waals surface area (Å²) >= 11 is 1.50. The molecule has 1 aromatic heterocycles. The highest BCUT2D eigenvalue weighted by molar-refractivity contribution is 8.00. The number of rotatable bonds is 2. The zero-order valence-corrected chi connectivity index (χ0v) is 12.1. The summed E-state index contributed by atoms with van der Waals surface area (Å²) in [7, 11) is 1.78. The largest absolute Gasteiger partial charge is 0.478 e. The van der Waals surface area contributed by atoms with Crippen molar-refractivity contribution in [1.82, 2.24) is 9.78 Å². The van der Waals surface area contributed by atoms with Crippen LogP contribution >= 0.6 is 11.8 Å². The van der Waals surface area contributed by atoms with Crippen molar-refractivity contribution in [2.24, 2.45) is 7.05 Å². The molecule has 2 aromatic rings. The van der Waals surface area contributed by atoms with Gasteiger partial charge in [-0.2, -0.15) is 5.10 Å². The topological polar surface area (TPSA) is 84.2 Å². The average Bonchev–Trinajstić information content (AvgIpc) is 2.72. The quantitative estimate of drug-likeness (QED) is 0.885. The molecule has 1 aromatic carbocycles. The second kappa shape index (κ2) is 5.25. The Bertz CT molecular complexity index is 709. The number of fused-ring (bicyclic) bond motifs is 1. The van der Waals surface area contributed by atoms with Crippen molar-refractivity contribution in [3.8, 4) is 0 Å². The molecule has 0 bridgehead atoms. The number of aromatic carboxylic acids is 1. The van der Waals surface area contributed by atoms with E-state index in [2.05, 4.69) is 10.4 Å². The van der Waals surface area contributed by atoms with Crippen molar-refractivity contribution in [3.05, 3.63) is 47.2 Å². The molecule has 7 heteroatoms. The van der Waals surface area contributed by atoms with Crippen LogP contribution in [0.3, 0.4) is 0 Å². The van der Waals surface area contributed by atoms with Crippen molar-refractivity contribution in [3.63, 3.8) is 0 Å². The van der Waals surface area contributed by atoms with Crippen LogP contribution in [-0.2, 0) is 11.8 Å². The molecule has 2 N–H and O–H groups in total. The van der Waals surface area contributed by atoms with E-state index in [0.717, 1.165) is 11.1 Å². The van der Waals surface area contributed by atoms with E-state index in [1.807, 2.05) is 0 Å². The van der Waals surface area contributed by atoms with E-state index in [1.165, 1.54) is 11.8 Å². The van der Waals surface area contributed by atoms with E-state index >= 15 is 0 Å². The van der Waals surface area contributed by atoms with Crippen molar-refractivity contribution >= 4 is 29.5 Å². The number of carboxylic acid groups (broad SMARTS) is 1. The number of anilines is 1. The van der Waals surface area contributed by atoms with Crippen LogP contribution < -0.4 is 5.32 Å². The van der Waals surface area contributed by atoms with Gasteiger partial charge in [0.2, 0.25) is 5.91 Å². The second-order valence-electron chi connectivity index (χ2n) is 4.74. The van der Waals surface area contributed by atoms with Gasteiger partial charge in [-0.1, -0.05) is 12.1 Å². The second-order valence-corrected chi connectivity index (χ2v) is 5.83. The van der Waals surface area contributed by atoms with Gasteiger partial charge in [0.1, 0.15) is 5.82 Å². The smallest absolute Gasteiger partial charge is 0.335 e. The Morgan fingerprint density at radius 3 is 2.81 bits per heavy atom. The number of benzene rings is 1. The molecule has 2 heterocycles. The number of thioether (sulfide) groups is 1. The van der Waals surface area contributed by atoms with Crippen molar-refractivity contribution in [1.29, 1.82) is 0 Å². The lowest BCUT2D eigenvalue weighted by Crippen LogP contribution is -2.15. The molecule has 1 aliphatic rings. The van der Waals surface area contributed by atoms with Crippen molar-refractivity contribution in [2.45, 2.75) is 5.25 Å². The first-order chi connectivity index (χ1) is 10.1. The minimum absolute atomic E-state index is 0.0458. The highest BCUT2D eigenvalue weighted by atomic mass is 32.2. The number of carboxylic acids is 1. The Balaban J connectivity index is 2.01. The number of carbonyl (C=O) groups is 2. The highest BCUT2D eigenvalue weighted by Crippen LogP contribution is 2.41. The average molecular weight is 303 g/mol. The number of hydrogen-bond donors (Lipinski definition) is 2. The third kappa shape index (κ3) is 2.52. The fourth-order valence-electron chi connectivity index (χ4n) is 2.29. The SMILES string of the molecule is Cn1ncc2c1NC(=O)CSC2c1ccc(C(=O)O)cc1. The summed E-state index contributed by atoms with van der Waals surface area (Å²) in [6.07, 6.45) is 1.74. The van der Waals surface area contributed by atoms with Crippen LogP contribution in [-0.4, -0.2) is 32.5 Å². The van der Waals surface area contributed by atoms with Gasteiger partial charge in [0.05, 0.1) is 22.8 Å². The molecule has 108 valence electrons. The third-order valence-corrected chi connectivity index (χ3v) is 4.64. The van der Waals surface area contributed by atoms with Crippen LogP contribution in [0.25, 0.3) is 0 Å². The fourth-order valence-corrected chi connectivity index (χ4v) is 3.38. The summed E-state index contributed by atoms with van der Waals surface area (Å²) in [6, 6.07) is 6.73. The number of amides is 1. The Morgan fingerprint density at radius 1 is 1.43 bits per heavy atom. The summed E-state index contributed by atoms with van der Waals surface area (Å²) < 4.78 is 1.64. The lowest BCUT2D eigenvalue weighted by Gasteiger charge is -2.14. The summed E-state index contributed by atoms with van der Waals surface area (Å²) in [5.41, 5.74) is 2.13. The van der Waals surface area contributed by atoms with Gasteiger partial charge in [0.25, 0.3) is 0 Å². The monoisotopic (exact) mass is 303 g/mol. The molecule has 0 spiro atoms. The first-order valence-corrected chi connectivity index (χ1v) is 7.37. The Morgan fingerprint density at radius 2 is 2.14 bits per heavy atom. The van der Waals surface area contributed by atoms with Crippen LogP contribution in [0.1, 0.15) is 26.7 Å². The molecule has 21 heavy (non-hydrogen) atoms. The Hall–Kier alpha value is -2.28. The maximum absolute atomic E-state index is 11.8. The predicted molar refractivity (Wildman–Crippen MR) is 79.5 cm³/mol. The van der Waals surface area contributed by atoms with Crippen molar-refractivity contribution < 1.29 is 14.7 Å². The molecule has 1 aliphatic heterocycles. The zero-order valence-electron chi connectivity index (χ0n) is 11.2. The molecule has 0 aliphatic carbocycles. The Kier molecular flexibility index (Phi) is 3.42. The normalized spacial score (nSPS) is 17.8. The van der Waals surface area contributed by atoms with Gasteiger partial charge < -0.3 is 10.4 Å². The number of carbonyl (C=O) groups excluding carboxylic acids is 1. The van der Waals surface area contributed by atoms with Crippen LogP contribution in [0, 0.1) is 0 Å². The molecule has 0 saturated carbocycles. The lowest BCUT2D eigenvalue weighted by atomic mass is 10.0. The van der Waals surface area contributed by atoms with E-state index in [0.29, 0.717) is 11.6 Å². The zero-order chi connectivity index (χ0) is 15.0. The molecule has 0 fully saturated rings. The summed E-state index contributed by atoms with van der Waals surface area (Å²) in [5.74, 6) is 0.0285. The number of nitrogens with zero attached hydrogens (tertiary/aromatic N) is 2. The molecular formula is C14H13N3O3S. The van der Waals surface area contributed by atoms with Gasteiger partial charge in [0, 0.05) is 12.6 Å². The molecular weight excluding hydrogens is 290 g/mol. The van der Waals surface area contributed by atoms with Gasteiger partial charge >= 0.3 is 5.97 Å². The van der Waals surface area contributed by atoms with Gasteiger partial charge in [-0.05, 0) is 17.7 Å². The molecule has 6 nitrogen and oxygen atoms in total. The minimum Gasteiger partial charge on any atom is -0.478 e. The molecule has 1 atom stereocenters. The molecule has 0 saturated heterocycles. The molecule has 1 amide bonds. The van der Waals surface area contributed by atoms with Gasteiger partial charge in [-0.25, -0.2) is 4.79 Å². The maximum atomic E-state index is 11.8. The molecule has 1 unspecified atom stereocenters. The first-order valence-electron chi connectivity index (χ1n) is 6.33. The lowest BCUT2D eigenvalue weighted by molar-refractivity contribution is -0.113.